The van der Waals surface area contributed by atoms with Gasteiger partial charge in [-0.1, -0.05) is 36.9 Å². The van der Waals surface area contributed by atoms with Crippen LogP contribution in [-0.2, 0) is 13.3 Å². The normalized spacial score (nSPS) is 11.5. The van der Waals surface area contributed by atoms with Crippen LogP contribution in [0.15, 0.2) is 30.8 Å². The summed E-state index contributed by atoms with van der Waals surface area (Å²) < 4.78 is 17.7. The Kier molecular flexibility index (Phi) is 6.28. The van der Waals surface area contributed by atoms with E-state index in [0.29, 0.717) is 19.8 Å². The van der Waals surface area contributed by atoms with E-state index in [4.69, 9.17) is 13.3 Å². The van der Waals surface area contributed by atoms with E-state index in [-0.39, 0.29) is 0 Å². The summed E-state index contributed by atoms with van der Waals surface area (Å²) in [4.78, 5) is 0. The van der Waals surface area contributed by atoms with Crippen LogP contribution < -0.4 is 5.19 Å². The molecule has 0 saturated heterocycles. The van der Waals surface area contributed by atoms with E-state index >= 15 is 0 Å². The molecule has 0 aliphatic heterocycles. The minimum atomic E-state index is -2.81. The molecule has 0 N–H and O–H groups in total. The number of hydrogen-bond acceptors (Lipinski definition) is 3. The molecule has 0 amide bonds. The highest BCUT2D eigenvalue weighted by Crippen LogP contribution is 2.14. The van der Waals surface area contributed by atoms with Crippen LogP contribution in [-0.4, -0.2) is 28.6 Å². The third kappa shape index (κ3) is 3.29. The topological polar surface area (TPSA) is 27.7 Å². The lowest BCUT2D eigenvalue weighted by Crippen LogP contribution is -2.57. The van der Waals surface area contributed by atoms with Gasteiger partial charge >= 0.3 is 8.80 Å². The van der Waals surface area contributed by atoms with Crippen molar-refractivity contribution >= 4 is 20.1 Å². The first-order valence-electron chi connectivity index (χ1n) is 6.37. The van der Waals surface area contributed by atoms with Crippen molar-refractivity contribution in [1.82, 2.24) is 0 Å². The van der Waals surface area contributed by atoms with Gasteiger partial charge < -0.3 is 13.3 Å². The van der Waals surface area contributed by atoms with E-state index in [1.807, 2.05) is 51.1 Å². The van der Waals surface area contributed by atoms with Crippen molar-refractivity contribution in [3.8, 4) is 0 Å². The van der Waals surface area contributed by atoms with Crippen molar-refractivity contribution in [2.45, 2.75) is 20.8 Å². The fourth-order valence-corrected chi connectivity index (χ4v) is 4.58. The van der Waals surface area contributed by atoms with Gasteiger partial charge in [-0.3, -0.25) is 0 Å². The van der Waals surface area contributed by atoms with Crippen LogP contribution in [0.1, 0.15) is 26.3 Å². The van der Waals surface area contributed by atoms with Crippen LogP contribution in [0.4, 0.5) is 0 Å². The molecular weight excluding hydrogens is 244 g/mol. The predicted molar refractivity (Wildman–Crippen MR) is 76.8 cm³/mol. The third-order valence-electron chi connectivity index (χ3n) is 2.51. The number of benzene rings is 1. The average molecular weight is 266 g/mol. The Balaban J connectivity index is 3.25. The average Bonchev–Trinajstić information content (AvgIpc) is 2.39. The third-order valence-corrected chi connectivity index (χ3v) is 5.63. The molecule has 0 saturated carbocycles. The van der Waals surface area contributed by atoms with E-state index in [1.54, 1.807) is 0 Å². The lowest BCUT2D eigenvalue weighted by molar-refractivity contribution is 0.0859. The first-order chi connectivity index (χ1) is 8.74. The van der Waals surface area contributed by atoms with Crippen LogP contribution in [0.25, 0.3) is 6.08 Å². The zero-order valence-corrected chi connectivity index (χ0v) is 12.4. The van der Waals surface area contributed by atoms with Gasteiger partial charge in [0.05, 0.1) is 0 Å². The van der Waals surface area contributed by atoms with E-state index < -0.39 is 8.80 Å². The Morgan fingerprint density at radius 2 is 1.50 bits per heavy atom. The second kappa shape index (κ2) is 7.48. The Morgan fingerprint density at radius 1 is 1.00 bits per heavy atom. The molecule has 0 unspecified atom stereocenters. The van der Waals surface area contributed by atoms with E-state index in [2.05, 4.69) is 6.58 Å². The molecular formula is C14H22O3Si. The second-order valence-electron chi connectivity index (χ2n) is 3.65. The van der Waals surface area contributed by atoms with Gasteiger partial charge in [-0.25, -0.2) is 0 Å². The SMILES string of the molecule is C=Cc1ccccc1[Si](OCC)(OCC)OCC. The summed E-state index contributed by atoms with van der Waals surface area (Å²) in [5.41, 5.74) is 1.01. The van der Waals surface area contributed by atoms with Crippen molar-refractivity contribution in [3.63, 3.8) is 0 Å². The molecule has 0 aliphatic rings. The molecule has 3 nitrogen and oxygen atoms in total. The lowest BCUT2D eigenvalue weighted by Gasteiger charge is -2.29. The van der Waals surface area contributed by atoms with Gasteiger partial charge in [-0.15, -0.1) is 0 Å². The summed E-state index contributed by atoms with van der Waals surface area (Å²) in [5, 5.41) is 0.991. The molecule has 0 bridgehead atoms. The Labute approximate surface area is 111 Å². The fraction of sp³-hybridized carbons (Fsp3) is 0.429. The molecule has 0 heterocycles. The molecule has 0 atom stereocenters. The van der Waals surface area contributed by atoms with Gasteiger partial charge in [0, 0.05) is 25.0 Å². The van der Waals surface area contributed by atoms with Crippen molar-refractivity contribution in [2.24, 2.45) is 0 Å². The molecule has 0 spiro atoms. The van der Waals surface area contributed by atoms with Crippen LogP contribution >= 0.6 is 0 Å². The quantitative estimate of drug-likeness (QED) is 0.677. The zero-order chi connectivity index (χ0) is 13.4. The summed E-state index contributed by atoms with van der Waals surface area (Å²) in [7, 11) is -2.81. The monoisotopic (exact) mass is 266 g/mol. The van der Waals surface area contributed by atoms with Gasteiger partial charge in [0.2, 0.25) is 0 Å². The fourth-order valence-electron chi connectivity index (χ4n) is 1.88. The molecule has 0 aromatic heterocycles. The molecule has 0 fully saturated rings. The molecule has 1 rings (SSSR count). The van der Waals surface area contributed by atoms with Crippen LogP contribution in [0.3, 0.4) is 0 Å². The van der Waals surface area contributed by atoms with Crippen molar-refractivity contribution in [2.75, 3.05) is 19.8 Å². The van der Waals surface area contributed by atoms with Crippen LogP contribution in [0, 0.1) is 0 Å². The molecule has 0 radical (unpaired) electrons. The second-order valence-corrected chi connectivity index (χ2v) is 6.16. The number of hydrogen-bond donors (Lipinski definition) is 0. The van der Waals surface area contributed by atoms with Crippen molar-refractivity contribution in [1.29, 1.82) is 0 Å². The molecule has 18 heavy (non-hydrogen) atoms. The van der Waals surface area contributed by atoms with Crippen LogP contribution in [0.2, 0.25) is 0 Å². The highest BCUT2D eigenvalue weighted by atomic mass is 28.4. The summed E-state index contributed by atoms with van der Waals surface area (Å²) in [6.07, 6.45) is 1.81. The number of rotatable bonds is 8. The zero-order valence-electron chi connectivity index (χ0n) is 11.4. The summed E-state index contributed by atoms with van der Waals surface area (Å²) in [6, 6.07) is 7.95. The highest BCUT2D eigenvalue weighted by Gasteiger charge is 2.44. The van der Waals surface area contributed by atoms with E-state index in [0.717, 1.165) is 10.8 Å². The minimum Gasteiger partial charge on any atom is -0.370 e. The Bertz CT molecular complexity index is 362. The molecule has 1 aromatic carbocycles. The van der Waals surface area contributed by atoms with Gasteiger partial charge in [0.15, 0.2) is 0 Å². The molecule has 100 valence electrons. The van der Waals surface area contributed by atoms with E-state index in [9.17, 15) is 0 Å². The lowest BCUT2D eigenvalue weighted by atomic mass is 10.2. The van der Waals surface area contributed by atoms with E-state index in [1.165, 1.54) is 0 Å². The molecule has 4 heteroatoms. The largest absolute Gasteiger partial charge is 0.537 e. The summed E-state index contributed by atoms with van der Waals surface area (Å²) >= 11 is 0. The maximum atomic E-state index is 5.89. The highest BCUT2D eigenvalue weighted by molar-refractivity contribution is 6.76. The first-order valence-corrected chi connectivity index (χ1v) is 8.10. The predicted octanol–water partition coefficient (Wildman–Crippen LogP) is 2.59. The minimum absolute atomic E-state index is 0.567. The van der Waals surface area contributed by atoms with Crippen LogP contribution in [0.5, 0.6) is 0 Å². The van der Waals surface area contributed by atoms with Gasteiger partial charge in [0.1, 0.15) is 0 Å². The summed E-state index contributed by atoms with van der Waals surface area (Å²) in [6.45, 7) is 11.4. The van der Waals surface area contributed by atoms with Gasteiger partial charge in [-0.2, -0.15) is 0 Å². The summed E-state index contributed by atoms with van der Waals surface area (Å²) in [5.74, 6) is 0. The molecule has 1 aromatic rings. The van der Waals surface area contributed by atoms with Gasteiger partial charge in [0.25, 0.3) is 0 Å². The maximum absolute atomic E-state index is 5.89. The Hall–Kier alpha value is -0.943. The molecule has 0 aliphatic carbocycles. The first kappa shape index (κ1) is 15.1. The van der Waals surface area contributed by atoms with Crippen molar-refractivity contribution < 1.29 is 13.3 Å². The van der Waals surface area contributed by atoms with Crippen molar-refractivity contribution in [3.05, 3.63) is 36.4 Å². The Morgan fingerprint density at radius 3 is 1.94 bits per heavy atom. The standard InChI is InChI=1S/C14H22O3Si/c1-5-13-11-9-10-12-14(13)18(15-6-2,16-7-3)17-8-4/h5,9-12H,1,6-8H2,2-4H3. The van der Waals surface area contributed by atoms with Gasteiger partial charge in [-0.05, 0) is 26.3 Å². The smallest absolute Gasteiger partial charge is 0.370 e. The maximum Gasteiger partial charge on any atom is 0.537 e.